The summed E-state index contributed by atoms with van der Waals surface area (Å²) in [6.07, 6.45) is 1.37. The van der Waals surface area contributed by atoms with Gasteiger partial charge in [-0.1, -0.05) is 42.1 Å². The zero-order chi connectivity index (χ0) is 22.4. The normalized spacial score (nSPS) is 11.3. The van der Waals surface area contributed by atoms with E-state index in [0.717, 1.165) is 5.56 Å². The SMILES string of the molecule is COC(=O)c1ccc2c(=O)n(CCc3ccccc3)c(SCCC(C)(C)C#N)nc2c1. The van der Waals surface area contributed by atoms with Gasteiger partial charge in [-0.3, -0.25) is 9.36 Å². The van der Waals surface area contributed by atoms with Crippen molar-refractivity contribution in [1.82, 2.24) is 9.55 Å². The average molecular weight is 436 g/mol. The van der Waals surface area contributed by atoms with Crippen LogP contribution in [0, 0.1) is 16.7 Å². The highest BCUT2D eigenvalue weighted by Crippen LogP contribution is 2.26. The number of carbonyl (C=O) groups excluding carboxylic acids is 1. The quantitative estimate of drug-likeness (QED) is 0.295. The van der Waals surface area contributed by atoms with Crippen molar-refractivity contribution in [1.29, 1.82) is 5.26 Å². The van der Waals surface area contributed by atoms with E-state index in [1.807, 2.05) is 44.2 Å². The molecule has 0 amide bonds. The maximum atomic E-state index is 13.3. The maximum absolute atomic E-state index is 13.3. The lowest BCUT2D eigenvalue weighted by atomic mass is 9.93. The van der Waals surface area contributed by atoms with Crippen molar-refractivity contribution >= 4 is 28.6 Å². The Morgan fingerprint density at radius 2 is 1.97 bits per heavy atom. The molecular weight excluding hydrogens is 410 g/mol. The molecule has 0 aliphatic carbocycles. The van der Waals surface area contributed by atoms with Gasteiger partial charge in [-0.15, -0.1) is 0 Å². The molecule has 6 nitrogen and oxygen atoms in total. The third-order valence-corrected chi connectivity index (χ3v) is 6.05. The monoisotopic (exact) mass is 435 g/mol. The molecule has 0 spiro atoms. The summed E-state index contributed by atoms with van der Waals surface area (Å²) in [7, 11) is 1.32. The zero-order valence-corrected chi connectivity index (χ0v) is 18.7. The van der Waals surface area contributed by atoms with Gasteiger partial charge in [0, 0.05) is 12.3 Å². The van der Waals surface area contributed by atoms with E-state index in [4.69, 9.17) is 9.72 Å². The Morgan fingerprint density at radius 3 is 2.65 bits per heavy atom. The van der Waals surface area contributed by atoms with Gasteiger partial charge in [0.1, 0.15) is 0 Å². The fourth-order valence-corrected chi connectivity index (χ4v) is 4.38. The molecule has 0 fully saturated rings. The van der Waals surface area contributed by atoms with Gasteiger partial charge >= 0.3 is 5.97 Å². The minimum atomic E-state index is -0.470. The van der Waals surface area contributed by atoms with Gasteiger partial charge < -0.3 is 4.74 Å². The molecule has 3 aromatic rings. The molecule has 1 aromatic heterocycles. The number of nitrogens with zero attached hydrogens (tertiary/aromatic N) is 3. The van der Waals surface area contributed by atoms with E-state index < -0.39 is 11.4 Å². The Morgan fingerprint density at radius 1 is 1.23 bits per heavy atom. The Hall–Kier alpha value is -3.11. The van der Waals surface area contributed by atoms with Crippen LogP contribution in [-0.4, -0.2) is 28.4 Å². The minimum absolute atomic E-state index is 0.139. The molecule has 0 saturated carbocycles. The van der Waals surface area contributed by atoms with Gasteiger partial charge in [-0.25, -0.2) is 9.78 Å². The van der Waals surface area contributed by atoms with Gasteiger partial charge in [0.05, 0.1) is 35.1 Å². The van der Waals surface area contributed by atoms with Crippen molar-refractivity contribution in [2.45, 2.75) is 38.4 Å². The fraction of sp³-hybridized carbons (Fsp3) is 0.333. The Bertz CT molecular complexity index is 1180. The number of carbonyl (C=O) groups is 1. The molecular formula is C24H25N3O3S. The third kappa shape index (κ3) is 5.53. The summed E-state index contributed by atoms with van der Waals surface area (Å²) < 4.78 is 6.48. The first-order valence-electron chi connectivity index (χ1n) is 10.1. The predicted molar refractivity (Wildman–Crippen MR) is 122 cm³/mol. The van der Waals surface area contributed by atoms with Crippen LogP contribution < -0.4 is 5.56 Å². The van der Waals surface area contributed by atoms with E-state index in [2.05, 4.69) is 6.07 Å². The number of ether oxygens (including phenoxy) is 1. The van der Waals surface area contributed by atoms with E-state index in [9.17, 15) is 14.9 Å². The van der Waals surface area contributed by atoms with E-state index in [1.165, 1.54) is 18.9 Å². The van der Waals surface area contributed by atoms with Crippen LogP contribution >= 0.6 is 11.8 Å². The molecule has 7 heteroatoms. The summed E-state index contributed by atoms with van der Waals surface area (Å²) in [5, 5.41) is 10.3. The number of thioether (sulfide) groups is 1. The van der Waals surface area contributed by atoms with Crippen molar-refractivity contribution < 1.29 is 9.53 Å². The number of rotatable bonds is 8. The molecule has 3 rings (SSSR count). The molecule has 0 aliphatic rings. The standard InChI is InChI=1S/C24H25N3O3S/c1-24(2,16-25)12-14-31-23-26-20-15-18(22(29)30-3)9-10-19(20)21(28)27(23)13-11-17-7-5-4-6-8-17/h4-10,15H,11-14H2,1-3H3. The van der Waals surface area contributed by atoms with Crippen molar-refractivity contribution in [3.63, 3.8) is 0 Å². The topological polar surface area (TPSA) is 85.0 Å². The maximum Gasteiger partial charge on any atom is 0.337 e. The van der Waals surface area contributed by atoms with Gasteiger partial charge in [-0.05, 0) is 50.5 Å². The van der Waals surface area contributed by atoms with Crippen LogP contribution in [0.3, 0.4) is 0 Å². The lowest BCUT2D eigenvalue weighted by Gasteiger charge is -2.16. The predicted octanol–water partition coefficient (Wildman–Crippen LogP) is 4.46. The number of hydrogen-bond acceptors (Lipinski definition) is 6. The van der Waals surface area contributed by atoms with Crippen LogP contribution in [0.15, 0.2) is 58.5 Å². The van der Waals surface area contributed by atoms with Crippen LogP contribution in [0.2, 0.25) is 0 Å². The van der Waals surface area contributed by atoms with Gasteiger partial charge in [0.2, 0.25) is 0 Å². The number of fused-ring (bicyclic) bond motifs is 1. The first-order valence-corrected chi connectivity index (χ1v) is 11.0. The summed E-state index contributed by atoms with van der Waals surface area (Å²) >= 11 is 1.46. The van der Waals surface area contributed by atoms with E-state index in [-0.39, 0.29) is 5.56 Å². The first kappa shape index (κ1) is 22.6. The summed E-state index contributed by atoms with van der Waals surface area (Å²) in [6, 6.07) is 17.1. The van der Waals surface area contributed by atoms with Crippen LogP contribution in [0.5, 0.6) is 0 Å². The molecule has 2 aromatic carbocycles. The second kappa shape index (κ2) is 9.80. The Kier molecular flexibility index (Phi) is 7.13. The van der Waals surface area contributed by atoms with Crippen LogP contribution in [0.1, 0.15) is 36.2 Å². The summed E-state index contributed by atoms with van der Waals surface area (Å²) in [6.45, 7) is 4.29. The average Bonchev–Trinajstić information content (AvgIpc) is 2.78. The zero-order valence-electron chi connectivity index (χ0n) is 17.9. The molecule has 1 heterocycles. The number of hydrogen-bond donors (Lipinski definition) is 0. The number of esters is 1. The van der Waals surface area contributed by atoms with Crippen LogP contribution in [0.25, 0.3) is 10.9 Å². The van der Waals surface area contributed by atoms with Gasteiger partial charge in [0.25, 0.3) is 5.56 Å². The van der Waals surface area contributed by atoms with Gasteiger partial charge in [0.15, 0.2) is 5.16 Å². The number of aryl methyl sites for hydroxylation is 1. The molecule has 0 bridgehead atoms. The largest absolute Gasteiger partial charge is 0.465 e. The van der Waals surface area contributed by atoms with E-state index in [1.54, 1.807) is 22.8 Å². The van der Waals surface area contributed by atoms with E-state index >= 15 is 0 Å². The van der Waals surface area contributed by atoms with Gasteiger partial charge in [-0.2, -0.15) is 5.26 Å². The number of methoxy groups -OCH3 is 1. The summed E-state index contributed by atoms with van der Waals surface area (Å²) in [5.41, 5.74) is 1.37. The van der Waals surface area contributed by atoms with Crippen molar-refractivity contribution in [2.75, 3.05) is 12.9 Å². The lowest BCUT2D eigenvalue weighted by molar-refractivity contribution is 0.0601. The molecule has 31 heavy (non-hydrogen) atoms. The number of aromatic nitrogens is 2. The molecule has 0 saturated heterocycles. The first-order chi connectivity index (χ1) is 14.8. The fourth-order valence-electron chi connectivity index (χ4n) is 3.09. The Balaban J connectivity index is 1.98. The number of benzene rings is 2. The molecule has 0 aliphatic heterocycles. The lowest BCUT2D eigenvalue weighted by Crippen LogP contribution is -2.25. The summed E-state index contributed by atoms with van der Waals surface area (Å²) in [4.78, 5) is 29.9. The highest BCUT2D eigenvalue weighted by Gasteiger charge is 2.18. The second-order valence-corrected chi connectivity index (χ2v) is 8.97. The number of nitriles is 1. The highest BCUT2D eigenvalue weighted by atomic mass is 32.2. The summed E-state index contributed by atoms with van der Waals surface area (Å²) in [5.74, 6) is 0.183. The van der Waals surface area contributed by atoms with Crippen LogP contribution in [-0.2, 0) is 17.7 Å². The van der Waals surface area contributed by atoms with Crippen molar-refractivity contribution in [3.05, 3.63) is 70.0 Å². The molecule has 160 valence electrons. The molecule has 0 radical (unpaired) electrons. The molecule has 0 N–H and O–H groups in total. The third-order valence-electron chi connectivity index (χ3n) is 5.07. The molecule has 0 unspecified atom stereocenters. The van der Waals surface area contributed by atoms with Crippen LogP contribution in [0.4, 0.5) is 0 Å². The smallest absolute Gasteiger partial charge is 0.337 e. The van der Waals surface area contributed by atoms with Crippen molar-refractivity contribution in [3.8, 4) is 6.07 Å². The molecule has 0 atom stereocenters. The van der Waals surface area contributed by atoms with Crippen molar-refractivity contribution in [2.24, 2.45) is 5.41 Å². The highest BCUT2D eigenvalue weighted by molar-refractivity contribution is 7.99. The Labute approximate surface area is 185 Å². The van der Waals surface area contributed by atoms with E-state index in [0.29, 0.717) is 46.8 Å². The second-order valence-electron chi connectivity index (χ2n) is 7.90. The minimum Gasteiger partial charge on any atom is -0.465 e.